The predicted octanol–water partition coefficient (Wildman–Crippen LogP) is 3.25. The van der Waals surface area contributed by atoms with Crippen LogP contribution >= 0.6 is 0 Å². The second kappa shape index (κ2) is 6.45. The largest absolute Gasteiger partial charge is 0.487 e. The highest BCUT2D eigenvalue weighted by Gasteiger charge is 2.08. The Labute approximate surface area is 129 Å². The topological polar surface area (TPSA) is 47.3 Å². The molecule has 22 heavy (non-hydrogen) atoms. The maximum absolute atomic E-state index is 9.17. The molecule has 0 atom stereocenters. The first-order valence-corrected chi connectivity index (χ1v) is 7.20. The Balaban J connectivity index is 1.81. The molecule has 0 amide bonds. The zero-order chi connectivity index (χ0) is 15.4. The summed E-state index contributed by atoms with van der Waals surface area (Å²) >= 11 is 0. The fourth-order valence-corrected chi connectivity index (χ4v) is 2.34. The molecule has 0 saturated carbocycles. The van der Waals surface area contributed by atoms with Crippen LogP contribution < -0.4 is 4.74 Å². The van der Waals surface area contributed by atoms with Crippen molar-refractivity contribution >= 4 is 0 Å². The molecule has 0 radical (unpaired) electrons. The van der Waals surface area contributed by atoms with Crippen molar-refractivity contribution in [3.63, 3.8) is 0 Å². The molecule has 1 heterocycles. The van der Waals surface area contributed by atoms with Gasteiger partial charge in [0, 0.05) is 0 Å². The smallest absolute Gasteiger partial charge is 0.130 e. The van der Waals surface area contributed by atoms with E-state index in [4.69, 9.17) is 4.74 Å². The van der Waals surface area contributed by atoms with E-state index in [1.54, 1.807) is 0 Å². The lowest BCUT2D eigenvalue weighted by atomic mass is 10.2. The summed E-state index contributed by atoms with van der Waals surface area (Å²) in [5, 5.41) is 13.7. The molecule has 0 fully saturated rings. The van der Waals surface area contributed by atoms with Crippen molar-refractivity contribution in [1.29, 1.82) is 0 Å². The minimum atomic E-state index is 0.0122. The van der Waals surface area contributed by atoms with E-state index in [0.29, 0.717) is 6.61 Å². The molecule has 4 nitrogen and oxygen atoms in total. The Morgan fingerprint density at radius 2 is 1.86 bits per heavy atom. The fourth-order valence-electron chi connectivity index (χ4n) is 2.34. The number of aryl methyl sites for hydroxylation is 1. The van der Waals surface area contributed by atoms with Crippen molar-refractivity contribution in [3.05, 3.63) is 77.6 Å². The summed E-state index contributed by atoms with van der Waals surface area (Å²) in [5.41, 5.74) is 3.79. The van der Waals surface area contributed by atoms with E-state index < -0.39 is 0 Å². The van der Waals surface area contributed by atoms with E-state index in [1.165, 1.54) is 0 Å². The molecule has 0 unspecified atom stereocenters. The van der Waals surface area contributed by atoms with Crippen molar-refractivity contribution in [2.24, 2.45) is 0 Å². The number of hydrogen-bond acceptors (Lipinski definition) is 3. The number of hydrogen-bond donors (Lipinski definition) is 1. The highest BCUT2D eigenvalue weighted by Crippen LogP contribution is 2.17. The summed E-state index contributed by atoms with van der Waals surface area (Å²) in [6.07, 6.45) is 0. The highest BCUT2D eigenvalue weighted by atomic mass is 16.5. The molecule has 4 heteroatoms. The summed E-state index contributed by atoms with van der Waals surface area (Å²) < 4.78 is 7.73. The fraction of sp³-hybridized carbons (Fsp3) is 0.167. The summed E-state index contributed by atoms with van der Waals surface area (Å²) in [5.74, 6) is 0.741. The third kappa shape index (κ3) is 3.18. The van der Waals surface area contributed by atoms with Gasteiger partial charge in [0.15, 0.2) is 0 Å². The van der Waals surface area contributed by atoms with Crippen LogP contribution in [0.4, 0.5) is 0 Å². The van der Waals surface area contributed by atoms with E-state index >= 15 is 0 Å². The van der Waals surface area contributed by atoms with Crippen molar-refractivity contribution in [1.82, 2.24) is 9.78 Å². The van der Waals surface area contributed by atoms with Gasteiger partial charge in [-0.15, -0.1) is 0 Å². The third-order valence-corrected chi connectivity index (χ3v) is 3.37. The molecule has 3 aromatic rings. The zero-order valence-electron chi connectivity index (χ0n) is 12.4. The molecule has 0 spiro atoms. The van der Waals surface area contributed by atoms with Crippen LogP contribution in [-0.2, 0) is 13.2 Å². The molecule has 112 valence electrons. The number of rotatable bonds is 5. The number of ether oxygens (including phenoxy) is 1. The predicted molar refractivity (Wildman–Crippen MR) is 85.0 cm³/mol. The van der Waals surface area contributed by atoms with Crippen LogP contribution in [0.3, 0.4) is 0 Å². The molecule has 2 aromatic carbocycles. The van der Waals surface area contributed by atoms with Crippen molar-refractivity contribution < 1.29 is 9.84 Å². The van der Waals surface area contributed by atoms with E-state index in [0.717, 1.165) is 28.4 Å². The number of benzene rings is 2. The van der Waals surface area contributed by atoms with Crippen molar-refractivity contribution in [2.45, 2.75) is 20.1 Å². The Morgan fingerprint density at radius 1 is 1.05 bits per heavy atom. The minimum Gasteiger partial charge on any atom is -0.487 e. The number of para-hydroxylation sites is 1. The van der Waals surface area contributed by atoms with Crippen LogP contribution in [0.2, 0.25) is 0 Å². The van der Waals surface area contributed by atoms with Crippen LogP contribution in [0.5, 0.6) is 5.75 Å². The SMILES string of the molecule is Cc1cc(COc2cccc(CO)c2)n(-c2ccccc2)n1. The molecule has 0 saturated heterocycles. The van der Waals surface area contributed by atoms with Crippen LogP contribution in [-0.4, -0.2) is 14.9 Å². The molecule has 0 aliphatic heterocycles. The Bertz CT molecular complexity index is 751. The summed E-state index contributed by atoms with van der Waals surface area (Å²) in [4.78, 5) is 0. The standard InChI is InChI=1S/C18H18N2O2/c1-14-10-17(20(19-14)16-7-3-2-4-8-16)13-22-18-9-5-6-15(11-18)12-21/h2-11,21H,12-13H2,1H3. The number of aliphatic hydroxyl groups excluding tert-OH is 1. The van der Waals surface area contributed by atoms with E-state index in [-0.39, 0.29) is 6.61 Å². The van der Waals surface area contributed by atoms with Crippen LogP contribution in [0, 0.1) is 6.92 Å². The molecular weight excluding hydrogens is 276 g/mol. The highest BCUT2D eigenvalue weighted by molar-refractivity contribution is 5.33. The molecule has 3 rings (SSSR count). The average Bonchev–Trinajstić information content (AvgIpc) is 2.95. The minimum absolute atomic E-state index is 0.0122. The van der Waals surface area contributed by atoms with Gasteiger partial charge in [-0.2, -0.15) is 5.10 Å². The van der Waals surface area contributed by atoms with Gasteiger partial charge < -0.3 is 9.84 Å². The quantitative estimate of drug-likeness (QED) is 0.785. The summed E-state index contributed by atoms with van der Waals surface area (Å²) in [7, 11) is 0. The first-order chi connectivity index (χ1) is 10.8. The number of nitrogens with zero attached hydrogens (tertiary/aromatic N) is 2. The van der Waals surface area contributed by atoms with E-state index in [2.05, 4.69) is 5.10 Å². The van der Waals surface area contributed by atoms with Gasteiger partial charge in [-0.3, -0.25) is 0 Å². The molecule has 0 bridgehead atoms. The lowest BCUT2D eigenvalue weighted by molar-refractivity contribution is 0.276. The molecular formula is C18H18N2O2. The van der Waals surface area contributed by atoms with Gasteiger partial charge >= 0.3 is 0 Å². The van der Waals surface area contributed by atoms with Gasteiger partial charge in [-0.05, 0) is 42.8 Å². The lowest BCUT2D eigenvalue weighted by Crippen LogP contribution is -2.05. The van der Waals surface area contributed by atoms with Gasteiger partial charge in [0.1, 0.15) is 12.4 Å². The van der Waals surface area contributed by atoms with Gasteiger partial charge in [0.2, 0.25) is 0 Å². The molecule has 1 N–H and O–H groups in total. The van der Waals surface area contributed by atoms with Gasteiger partial charge in [-0.1, -0.05) is 30.3 Å². The zero-order valence-corrected chi connectivity index (χ0v) is 12.4. The van der Waals surface area contributed by atoms with Gasteiger partial charge in [-0.25, -0.2) is 4.68 Å². The van der Waals surface area contributed by atoms with Crippen LogP contribution in [0.1, 0.15) is 17.0 Å². The first-order valence-electron chi connectivity index (χ1n) is 7.20. The van der Waals surface area contributed by atoms with E-state index in [9.17, 15) is 5.11 Å². The molecule has 1 aromatic heterocycles. The Morgan fingerprint density at radius 3 is 2.64 bits per heavy atom. The van der Waals surface area contributed by atoms with Crippen molar-refractivity contribution in [2.75, 3.05) is 0 Å². The summed E-state index contributed by atoms with van der Waals surface area (Å²) in [6.45, 7) is 2.40. The lowest BCUT2D eigenvalue weighted by Gasteiger charge is -2.10. The van der Waals surface area contributed by atoms with Crippen molar-refractivity contribution in [3.8, 4) is 11.4 Å². The number of aliphatic hydroxyl groups is 1. The third-order valence-electron chi connectivity index (χ3n) is 3.37. The van der Waals surface area contributed by atoms with Gasteiger partial charge in [0.25, 0.3) is 0 Å². The summed E-state index contributed by atoms with van der Waals surface area (Å²) in [6, 6.07) is 19.5. The van der Waals surface area contributed by atoms with E-state index in [1.807, 2.05) is 72.3 Å². The molecule has 0 aliphatic rings. The normalized spacial score (nSPS) is 10.6. The van der Waals surface area contributed by atoms with Crippen LogP contribution in [0.15, 0.2) is 60.7 Å². The maximum Gasteiger partial charge on any atom is 0.130 e. The second-order valence-corrected chi connectivity index (χ2v) is 5.12. The monoisotopic (exact) mass is 294 g/mol. The van der Waals surface area contributed by atoms with Crippen LogP contribution in [0.25, 0.3) is 5.69 Å². The average molecular weight is 294 g/mol. The molecule has 0 aliphatic carbocycles. The van der Waals surface area contributed by atoms with Gasteiger partial charge in [0.05, 0.1) is 23.7 Å². The first kappa shape index (κ1) is 14.4. The Hall–Kier alpha value is -2.59. The second-order valence-electron chi connectivity index (χ2n) is 5.12. The number of aromatic nitrogens is 2. The maximum atomic E-state index is 9.17. The Kier molecular flexibility index (Phi) is 4.21.